The number of aromatic nitrogens is 1. The van der Waals surface area contributed by atoms with Crippen LogP contribution in [0.2, 0.25) is 0 Å². The van der Waals surface area contributed by atoms with Crippen molar-refractivity contribution in [3.63, 3.8) is 0 Å². The largest absolute Gasteiger partial charge is 0.483 e. The van der Waals surface area contributed by atoms with Crippen LogP contribution < -0.4 is 15.5 Å². The topological polar surface area (TPSA) is 80.6 Å². The second-order valence-corrected chi connectivity index (χ2v) is 9.90. The number of benzene rings is 2. The number of ether oxygens (including phenoxy) is 1. The average molecular weight is 506 g/mol. The zero-order valence-electron chi connectivity index (χ0n) is 20.0. The first kappa shape index (κ1) is 23.4. The summed E-state index contributed by atoms with van der Waals surface area (Å²) in [5.41, 5.74) is 0.157. The summed E-state index contributed by atoms with van der Waals surface area (Å²) < 4.78 is 34.9. The third-order valence-corrected chi connectivity index (χ3v) is 7.72. The maximum absolute atomic E-state index is 14.1. The molecule has 0 unspecified atom stereocenters. The number of rotatable bonds is 6. The van der Waals surface area contributed by atoms with Gasteiger partial charge in [0.15, 0.2) is 11.4 Å². The van der Waals surface area contributed by atoms with E-state index in [1.54, 1.807) is 4.57 Å². The van der Waals surface area contributed by atoms with Gasteiger partial charge in [-0.15, -0.1) is 0 Å². The van der Waals surface area contributed by atoms with Crippen molar-refractivity contribution in [2.45, 2.75) is 51.0 Å². The molecule has 3 aromatic rings. The number of pyridine rings is 1. The highest BCUT2D eigenvalue weighted by atomic mass is 19.1. The first-order valence-electron chi connectivity index (χ1n) is 12.4. The lowest BCUT2D eigenvalue weighted by atomic mass is 9.95. The van der Waals surface area contributed by atoms with Gasteiger partial charge in [-0.3, -0.25) is 14.4 Å². The molecule has 2 aromatic carbocycles. The Morgan fingerprint density at radius 3 is 2.68 bits per heavy atom. The molecule has 3 aliphatic rings. The smallest absolute Gasteiger partial charge is 0.275 e. The summed E-state index contributed by atoms with van der Waals surface area (Å²) in [7, 11) is 0. The molecule has 7 nitrogen and oxygen atoms in total. The van der Waals surface area contributed by atoms with Gasteiger partial charge in [-0.1, -0.05) is 36.4 Å². The molecule has 1 N–H and O–H groups in total. The maximum atomic E-state index is 14.1. The molecular formula is C28H25F2N3O4. The number of hydrogen-bond acceptors (Lipinski definition) is 4. The third-order valence-electron chi connectivity index (χ3n) is 7.72. The third kappa shape index (κ3) is 4.08. The molecule has 0 radical (unpaired) electrons. The highest BCUT2D eigenvalue weighted by Crippen LogP contribution is 2.46. The van der Waals surface area contributed by atoms with E-state index in [9.17, 15) is 23.2 Å². The van der Waals surface area contributed by atoms with Gasteiger partial charge in [0.25, 0.3) is 11.8 Å². The first-order chi connectivity index (χ1) is 17.9. The molecule has 1 aliphatic carbocycles. The number of nitrogens with one attached hydrogen (secondary N) is 1. The lowest BCUT2D eigenvalue weighted by Crippen LogP contribution is -2.52. The molecule has 3 atom stereocenters. The van der Waals surface area contributed by atoms with E-state index in [2.05, 4.69) is 5.32 Å². The second kappa shape index (κ2) is 9.14. The molecule has 0 spiro atoms. The van der Waals surface area contributed by atoms with Gasteiger partial charge in [0, 0.05) is 37.0 Å². The summed E-state index contributed by atoms with van der Waals surface area (Å²) in [5, 5.41) is 2.54. The second-order valence-electron chi connectivity index (χ2n) is 9.90. The normalized spacial score (nSPS) is 21.5. The predicted molar refractivity (Wildman–Crippen MR) is 130 cm³/mol. The minimum absolute atomic E-state index is 0.0208. The molecule has 2 bridgehead atoms. The van der Waals surface area contributed by atoms with Crippen molar-refractivity contribution in [3.05, 3.63) is 99.0 Å². The van der Waals surface area contributed by atoms with E-state index in [4.69, 9.17) is 4.74 Å². The highest BCUT2D eigenvalue weighted by Gasteiger charge is 2.51. The molecule has 1 saturated carbocycles. The summed E-state index contributed by atoms with van der Waals surface area (Å²) in [5.74, 6) is -2.25. The molecule has 1 aromatic heterocycles. The SMILES string of the molecule is O=C(NCc1ccc(F)cc1F)c1cn2c(c(OCc3ccccc3)c1=O)C(=O)N1[C@@H]3CC[C@H](C3)[C@@H]1C2. The van der Waals surface area contributed by atoms with Crippen molar-refractivity contribution in [3.8, 4) is 5.75 Å². The van der Waals surface area contributed by atoms with Crippen molar-refractivity contribution in [2.75, 3.05) is 0 Å². The molecule has 9 heteroatoms. The zero-order valence-corrected chi connectivity index (χ0v) is 20.0. The molecule has 3 heterocycles. The Morgan fingerprint density at radius 1 is 1.08 bits per heavy atom. The number of hydrogen-bond donors (Lipinski definition) is 1. The fourth-order valence-corrected chi connectivity index (χ4v) is 5.93. The van der Waals surface area contributed by atoms with Crippen molar-refractivity contribution >= 4 is 11.8 Å². The molecular weight excluding hydrogens is 480 g/mol. The number of halogens is 2. The van der Waals surface area contributed by atoms with Crippen molar-refractivity contribution in [2.24, 2.45) is 5.92 Å². The standard InChI is InChI=1S/C28H25F2N3O4/c29-19-8-6-18(22(30)11-19)12-31-27(35)21-13-32-14-23-17-7-9-20(10-17)33(23)28(36)24(32)26(25(21)34)37-15-16-4-2-1-3-5-16/h1-6,8,11,13,17,20,23H,7,9-10,12,14-15H2,(H,31,35)/t17-,20-,23+/m1/s1. The van der Waals surface area contributed by atoms with Crippen LogP contribution in [0.15, 0.2) is 59.5 Å². The van der Waals surface area contributed by atoms with Crippen molar-refractivity contribution in [1.82, 2.24) is 14.8 Å². The fourth-order valence-electron chi connectivity index (χ4n) is 5.93. The molecule has 2 fully saturated rings. The van der Waals surface area contributed by atoms with Crippen molar-refractivity contribution in [1.29, 1.82) is 0 Å². The summed E-state index contributed by atoms with van der Waals surface area (Å²) in [6.07, 6.45) is 4.37. The van der Waals surface area contributed by atoms with Gasteiger partial charge in [-0.05, 0) is 36.8 Å². The van der Waals surface area contributed by atoms with Crippen LogP contribution in [0.3, 0.4) is 0 Å². The molecule has 37 heavy (non-hydrogen) atoms. The number of nitrogens with zero attached hydrogens (tertiary/aromatic N) is 2. The summed E-state index contributed by atoms with van der Waals surface area (Å²) >= 11 is 0. The Balaban J connectivity index is 1.35. The minimum Gasteiger partial charge on any atom is -0.483 e. The van der Waals surface area contributed by atoms with E-state index >= 15 is 0 Å². The monoisotopic (exact) mass is 505 g/mol. The number of amides is 2. The molecule has 2 amide bonds. The number of fused-ring (bicyclic) bond motifs is 6. The lowest BCUT2D eigenvalue weighted by Gasteiger charge is -2.40. The molecule has 1 saturated heterocycles. The molecule has 6 rings (SSSR count). The van der Waals surface area contributed by atoms with Gasteiger partial charge in [-0.2, -0.15) is 0 Å². The van der Waals surface area contributed by atoms with Crippen LogP contribution in [-0.4, -0.2) is 33.4 Å². The van der Waals surface area contributed by atoms with Crippen LogP contribution in [0.1, 0.15) is 51.2 Å². The summed E-state index contributed by atoms with van der Waals surface area (Å²) in [4.78, 5) is 42.2. The zero-order chi connectivity index (χ0) is 25.7. The number of carbonyl (C=O) groups is 2. The summed E-state index contributed by atoms with van der Waals surface area (Å²) in [6, 6.07) is 12.5. The van der Waals surface area contributed by atoms with Gasteiger partial charge >= 0.3 is 0 Å². The van der Waals surface area contributed by atoms with Crippen LogP contribution in [-0.2, 0) is 19.7 Å². The van der Waals surface area contributed by atoms with Gasteiger partial charge in [-0.25, -0.2) is 8.78 Å². The van der Waals surface area contributed by atoms with Crippen LogP contribution in [0.5, 0.6) is 5.75 Å². The molecule has 2 aliphatic heterocycles. The Kier molecular flexibility index (Phi) is 5.78. The average Bonchev–Trinajstić information content (AvgIpc) is 3.51. The number of carbonyl (C=O) groups excluding carboxylic acids is 2. The van der Waals surface area contributed by atoms with Crippen LogP contribution in [0, 0.1) is 17.6 Å². The van der Waals surface area contributed by atoms with Gasteiger partial charge in [0.2, 0.25) is 5.43 Å². The van der Waals surface area contributed by atoms with Gasteiger partial charge in [0.05, 0.1) is 6.04 Å². The van der Waals surface area contributed by atoms with Crippen LogP contribution in [0.4, 0.5) is 8.78 Å². The molecule has 190 valence electrons. The minimum atomic E-state index is -0.795. The van der Waals surface area contributed by atoms with E-state index in [0.717, 1.165) is 37.0 Å². The van der Waals surface area contributed by atoms with E-state index in [1.165, 1.54) is 12.3 Å². The Bertz CT molecular complexity index is 1460. The predicted octanol–water partition coefficient (Wildman–Crippen LogP) is 3.64. The Hall–Kier alpha value is -4.01. The highest BCUT2D eigenvalue weighted by molar-refractivity contribution is 5.99. The Morgan fingerprint density at radius 2 is 1.89 bits per heavy atom. The summed E-state index contributed by atoms with van der Waals surface area (Å²) in [6.45, 7) is 0.292. The van der Waals surface area contributed by atoms with E-state index in [0.29, 0.717) is 12.5 Å². The van der Waals surface area contributed by atoms with E-state index in [-0.39, 0.29) is 53.7 Å². The van der Waals surface area contributed by atoms with E-state index < -0.39 is 23.0 Å². The fraction of sp³-hybridized carbons (Fsp3) is 0.321. The maximum Gasteiger partial charge on any atom is 0.275 e. The Labute approximate surface area is 211 Å². The lowest BCUT2D eigenvalue weighted by molar-refractivity contribution is 0.0479. The van der Waals surface area contributed by atoms with Crippen LogP contribution >= 0.6 is 0 Å². The quantitative estimate of drug-likeness (QED) is 0.555. The van der Waals surface area contributed by atoms with Crippen LogP contribution in [0.25, 0.3) is 0 Å². The number of piperidine rings is 1. The first-order valence-corrected chi connectivity index (χ1v) is 12.4. The van der Waals surface area contributed by atoms with Crippen molar-refractivity contribution < 1.29 is 23.1 Å². The van der Waals surface area contributed by atoms with Gasteiger partial charge < -0.3 is 19.5 Å². The van der Waals surface area contributed by atoms with Gasteiger partial charge in [0.1, 0.15) is 23.8 Å². The van der Waals surface area contributed by atoms with E-state index in [1.807, 2.05) is 35.2 Å².